The highest BCUT2D eigenvalue weighted by atomic mass is 35.5. The number of benzene rings is 1. The van der Waals surface area contributed by atoms with E-state index in [0.717, 1.165) is 45.2 Å². The summed E-state index contributed by atoms with van der Waals surface area (Å²) in [6, 6.07) is 9.31. The minimum absolute atomic E-state index is 0. The van der Waals surface area contributed by atoms with Crippen molar-refractivity contribution < 1.29 is 20.1 Å². The number of ether oxygens (including phenoxy) is 1. The van der Waals surface area contributed by atoms with Crippen LogP contribution in [0.5, 0.6) is 0 Å². The van der Waals surface area contributed by atoms with Crippen LogP contribution in [-0.2, 0) is 15.1 Å². The van der Waals surface area contributed by atoms with Crippen LogP contribution in [0.4, 0.5) is 0 Å². The van der Waals surface area contributed by atoms with Crippen LogP contribution in [0.2, 0.25) is 0 Å². The lowest BCUT2D eigenvalue weighted by Gasteiger charge is -2.39. The molecule has 0 spiro atoms. The first-order valence-electron chi connectivity index (χ1n) is 11.7. The number of halogens is 1. The van der Waals surface area contributed by atoms with E-state index >= 15 is 0 Å². The second kappa shape index (κ2) is 14.5. The summed E-state index contributed by atoms with van der Waals surface area (Å²) < 4.78 is 6.08. The van der Waals surface area contributed by atoms with Crippen LogP contribution in [0.25, 0.3) is 0 Å². The van der Waals surface area contributed by atoms with Crippen molar-refractivity contribution in [2.24, 2.45) is 5.92 Å². The monoisotopic (exact) mass is 467 g/mol. The summed E-state index contributed by atoms with van der Waals surface area (Å²) in [5.41, 5.74) is -1.88. The number of hydrogen-bond donors (Lipinski definition) is 1. The lowest BCUT2D eigenvalue weighted by atomic mass is 9.73. The maximum absolute atomic E-state index is 13.6. The second-order valence-electron chi connectivity index (χ2n) is 8.32. The summed E-state index contributed by atoms with van der Waals surface area (Å²) in [7, 11) is 0. The molecule has 1 aliphatic carbocycles. The van der Waals surface area contributed by atoms with Gasteiger partial charge in [0.05, 0.1) is 6.54 Å². The van der Waals surface area contributed by atoms with E-state index in [-0.39, 0.29) is 23.8 Å². The molecule has 0 bridgehead atoms. The Hall–Kier alpha value is -1.58. The van der Waals surface area contributed by atoms with Crippen molar-refractivity contribution in [3.05, 3.63) is 35.9 Å². The molecule has 2 rings (SSSR count). The summed E-state index contributed by atoms with van der Waals surface area (Å²) in [6.07, 6.45) is 6.07. The lowest BCUT2D eigenvalue weighted by Crippen LogP contribution is -2.48. The largest absolute Gasteiger partial charge is 0.443 e. The summed E-state index contributed by atoms with van der Waals surface area (Å²) >= 11 is 0. The molecule has 0 aromatic heterocycles. The number of nitrogens with zero attached hydrogens (tertiary/aromatic N) is 1. The van der Waals surface area contributed by atoms with E-state index in [1.165, 1.54) is 0 Å². The van der Waals surface area contributed by atoms with Crippen LogP contribution < -0.4 is 0 Å². The summed E-state index contributed by atoms with van der Waals surface area (Å²) in [6.45, 7) is 10.7. The van der Waals surface area contributed by atoms with E-state index in [1.807, 2.05) is 44.2 Å². The van der Waals surface area contributed by atoms with Crippen LogP contribution in [-0.4, -0.2) is 46.7 Å². The van der Waals surface area contributed by atoms with Gasteiger partial charge >= 0.3 is 5.97 Å². The maximum Gasteiger partial charge on any atom is 0.344 e. The fourth-order valence-electron chi connectivity index (χ4n) is 4.34. The maximum atomic E-state index is 13.6. The Bertz CT molecular complexity index is 716. The fourth-order valence-corrected chi connectivity index (χ4v) is 4.34. The van der Waals surface area contributed by atoms with Gasteiger partial charge in [-0.1, -0.05) is 89.1 Å². The molecule has 3 N–H and O–H groups in total. The zero-order valence-electron chi connectivity index (χ0n) is 20.2. The number of aliphatic hydroxyl groups is 1. The molecule has 0 saturated heterocycles. The Morgan fingerprint density at radius 1 is 1.06 bits per heavy atom. The van der Waals surface area contributed by atoms with E-state index in [4.69, 9.17) is 4.74 Å². The highest BCUT2D eigenvalue weighted by Gasteiger charge is 2.49. The molecule has 0 radical (unpaired) electrons. The Labute approximate surface area is 200 Å². The second-order valence-corrected chi connectivity index (χ2v) is 8.32. The van der Waals surface area contributed by atoms with E-state index in [1.54, 1.807) is 0 Å². The van der Waals surface area contributed by atoms with E-state index in [0.29, 0.717) is 24.9 Å². The number of hydrogen-bond acceptors (Lipinski definition) is 4. The van der Waals surface area contributed by atoms with Crippen LogP contribution in [0, 0.1) is 17.8 Å². The van der Waals surface area contributed by atoms with Crippen LogP contribution in [0.15, 0.2) is 30.3 Å². The SMILES string of the molecule is CCN(CC)CC#CC(CC)(CC)OC(=O)C(O)(c1ccccc1)C1CCCCC1.Cl.O. The minimum atomic E-state index is -1.63. The molecular formula is C26H42ClNO4. The molecule has 0 aliphatic heterocycles. The third kappa shape index (κ3) is 7.22. The molecule has 1 saturated carbocycles. The van der Waals surface area contributed by atoms with Crippen LogP contribution >= 0.6 is 12.4 Å². The van der Waals surface area contributed by atoms with E-state index < -0.39 is 17.2 Å². The first-order valence-corrected chi connectivity index (χ1v) is 11.7. The Balaban J connectivity index is 0.00000480. The van der Waals surface area contributed by atoms with Gasteiger partial charge in [0.25, 0.3) is 0 Å². The molecule has 1 aromatic rings. The Morgan fingerprint density at radius 3 is 2.12 bits per heavy atom. The lowest BCUT2D eigenvalue weighted by molar-refractivity contribution is -0.187. The van der Waals surface area contributed by atoms with Gasteiger partial charge in [-0.25, -0.2) is 4.79 Å². The molecule has 5 nitrogen and oxygen atoms in total. The molecule has 182 valence electrons. The summed E-state index contributed by atoms with van der Waals surface area (Å²) in [5, 5.41) is 11.8. The van der Waals surface area contributed by atoms with Gasteiger partial charge in [-0.2, -0.15) is 0 Å². The normalized spacial score (nSPS) is 16.1. The first-order chi connectivity index (χ1) is 14.5. The highest BCUT2D eigenvalue weighted by molar-refractivity contribution is 5.85. The molecule has 32 heavy (non-hydrogen) atoms. The quantitative estimate of drug-likeness (QED) is 0.428. The molecule has 1 aromatic carbocycles. The van der Waals surface area contributed by atoms with Gasteiger partial charge in [0.15, 0.2) is 11.2 Å². The summed E-state index contributed by atoms with van der Waals surface area (Å²) in [4.78, 5) is 15.8. The van der Waals surface area contributed by atoms with Gasteiger partial charge in [0, 0.05) is 5.92 Å². The number of esters is 1. The predicted octanol–water partition coefficient (Wildman–Crippen LogP) is 4.50. The van der Waals surface area contributed by atoms with Gasteiger partial charge in [0.1, 0.15) is 0 Å². The van der Waals surface area contributed by atoms with Gasteiger partial charge in [-0.3, -0.25) is 4.90 Å². The van der Waals surface area contributed by atoms with Crippen molar-refractivity contribution in [2.75, 3.05) is 19.6 Å². The molecule has 0 heterocycles. The van der Waals surface area contributed by atoms with Gasteiger partial charge in [-0.15, -0.1) is 12.4 Å². The Morgan fingerprint density at radius 2 is 1.62 bits per heavy atom. The fraction of sp³-hybridized carbons (Fsp3) is 0.654. The van der Waals surface area contributed by atoms with Crippen molar-refractivity contribution in [3.8, 4) is 11.8 Å². The number of carbonyl (C=O) groups excluding carboxylic acids is 1. The van der Waals surface area contributed by atoms with E-state index in [9.17, 15) is 9.90 Å². The van der Waals surface area contributed by atoms with Gasteiger partial charge in [-0.05, 0) is 44.3 Å². The molecular weight excluding hydrogens is 426 g/mol. The minimum Gasteiger partial charge on any atom is -0.443 e. The van der Waals surface area contributed by atoms with Crippen molar-refractivity contribution >= 4 is 18.4 Å². The van der Waals surface area contributed by atoms with Crippen LogP contribution in [0.3, 0.4) is 0 Å². The molecule has 1 unspecified atom stereocenters. The highest BCUT2D eigenvalue weighted by Crippen LogP contribution is 2.41. The zero-order chi connectivity index (χ0) is 22.0. The van der Waals surface area contributed by atoms with Gasteiger partial charge < -0.3 is 15.3 Å². The van der Waals surface area contributed by atoms with Gasteiger partial charge in [0.2, 0.25) is 0 Å². The topological polar surface area (TPSA) is 81.3 Å². The smallest absolute Gasteiger partial charge is 0.344 e. The van der Waals surface area contributed by atoms with Crippen LogP contribution in [0.1, 0.15) is 78.2 Å². The molecule has 1 atom stereocenters. The van der Waals surface area contributed by atoms with Crippen molar-refractivity contribution in [2.45, 2.75) is 83.8 Å². The van der Waals surface area contributed by atoms with Crippen molar-refractivity contribution in [1.82, 2.24) is 4.90 Å². The zero-order valence-corrected chi connectivity index (χ0v) is 21.0. The number of rotatable bonds is 9. The third-order valence-electron chi connectivity index (χ3n) is 6.66. The average Bonchev–Trinajstić information content (AvgIpc) is 2.81. The third-order valence-corrected chi connectivity index (χ3v) is 6.66. The molecule has 1 aliphatic rings. The molecule has 6 heteroatoms. The first kappa shape index (κ1) is 30.4. The molecule has 1 fully saturated rings. The van der Waals surface area contributed by atoms with E-state index in [2.05, 4.69) is 30.6 Å². The average molecular weight is 468 g/mol. The summed E-state index contributed by atoms with van der Waals surface area (Å²) in [5.74, 6) is 5.78. The number of carbonyl (C=O) groups is 1. The van der Waals surface area contributed by atoms with Crippen molar-refractivity contribution in [1.29, 1.82) is 0 Å². The Kier molecular flexibility index (Phi) is 13.8. The predicted molar refractivity (Wildman–Crippen MR) is 133 cm³/mol. The standard InChI is InChI=1S/C26H39NO3.ClH.H2O/c1-5-25(6-2,20-15-21-27(7-3)8-4)30-24(28)26(29,22-16-11-9-12-17-22)23-18-13-10-14-19-23;;/h9,11-12,16-17,23,29H,5-8,10,13-14,18-19,21H2,1-4H3;1H;1H2. The van der Waals surface area contributed by atoms with Crippen molar-refractivity contribution in [3.63, 3.8) is 0 Å². The molecule has 0 amide bonds.